The minimum Gasteiger partial charge on any atom is -0.379 e. The lowest BCUT2D eigenvalue weighted by molar-refractivity contribution is 0.595. The van der Waals surface area contributed by atoms with Gasteiger partial charge in [-0.15, -0.1) is 0 Å². The molecule has 0 radical (unpaired) electrons. The third-order valence-corrected chi connectivity index (χ3v) is 2.98. The lowest BCUT2D eigenvalue weighted by Gasteiger charge is -2.05. The van der Waals surface area contributed by atoms with Gasteiger partial charge in [-0.2, -0.15) is 5.10 Å². The molecule has 3 nitrogen and oxygen atoms in total. The largest absolute Gasteiger partial charge is 0.379 e. The highest BCUT2D eigenvalue weighted by atomic mass is 15.3. The van der Waals surface area contributed by atoms with Crippen molar-refractivity contribution in [3.05, 3.63) is 47.8 Å². The Hall–Kier alpha value is -1.77. The smallest absolute Gasteiger partial charge is 0.0815 e. The quantitative estimate of drug-likeness (QED) is 0.842. The average Bonchev–Trinajstić information content (AvgIpc) is 2.85. The molecule has 0 bridgehead atoms. The minimum absolute atomic E-state index is 0.780. The summed E-state index contributed by atoms with van der Waals surface area (Å²) in [7, 11) is 0. The van der Waals surface area contributed by atoms with Crippen molar-refractivity contribution >= 4 is 5.69 Å². The molecule has 96 valence electrons. The first-order valence-electron chi connectivity index (χ1n) is 6.67. The SMILES string of the molecule is CCCn1ccc(CNc2ccc(CC)cc2)n1. The van der Waals surface area contributed by atoms with E-state index < -0.39 is 0 Å². The van der Waals surface area contributed by atoms with Gasteiger partial charge < -0.3 is 5.32 Å². The monoisotopic (exact) mass is 243 g/mol. The van der Waals surface area contributed by atoms with Gasteiger partial charge in [0.1, 0.15) is 0 Å². The molecule has 0 saturated carbocycles. The van der Waals surface area contributed by atoms with Gasteiger partial charge in [0, 0.05) is 18.4 Å². The number of nitrogens with zero attached hydrogens (tertiary/aromatic N) is 2. The van der Waals surface area contributed by atoms with E-state index in [2.05, 4.69) is 54.6 Å². The van der Waals surface area contributed by atoms with Crippen LogP contribution in [0.2, 0.25) is 0 Å². The highest BCUT2D eigenvalue weighted by Crippen LogP contribution is 2.11. The molecule has 2 aromatic rings. The molecule has 0 atom stereocenters. The molecule has 0 amide bonds. The number of benzene rings is 1. The molecule has 1 N–H and O–H groups in total. The van der Waals surface area contributed by atoms with Crippen LogP contribution >= 0.6 is 0 Å². The summed E-state index contributed by atoms with van der Waals surface area (Å²) in [5, 5.41) is 7.89. The van der Waals surface area contributed by atoms with E-state index in [9.17, 15) is 0 Å². The molecule has 0 aliphatic heterocycles. The fourth-order valence-corrected chi connectivity index (χ4v) is 1.90. The van der Waals surface area contributed by atoms with Gasteiger partial charge in [-0.1, -0.05) is 26.0 Å². The number of rotatable bonds is 6. The average molecular weight is 243 g/mol. The Bertz CT molecular complexity index is 471. The Kier molecular flexibility index (Phi) is 4.40. The number of aromatic nitrogens is 2. The number of anilines is 1. The van der Waals surface area contributed by atoms with Crippen molar-refractivity contribution < 1.29 is 0 Å². The zero-order valence-electron chi connectivity index (χ0n) is 11.2. The molecular weight excluding hydrogens is 222 g/mol. The van der Waals surface area contributed by atoms with Crippen molar-refractivity contribution in [2.75, 3.05) is 5.32 Å². The maximum Gasteiger partial charge on any atom is 0.0815 e. The van der Waals surface area contributed by atoms with Crippen molar-refractivity contribution in [1.82, 2.24) is 9.78 Å². The van der Waals surface area contributed by atoms with Crippen LogP contribution < -0.4 is 5.32 Å². The van der Waals surface area contributed by atoms with E-state index in [1.807, 2.05) is 10.9 Å². The first-order chi connectivity index (χ1) is 8.81. The molecule has 0 unspecified atom stereocenters. The molecule has 18 heavy (non-hydrogen) atoms. The molecule has 0 aliphatic carbocycles. The van der Waals surface area contributed by atoms with E-state index in [0.717, 1.165) is 37.3 Å². The van der Waals surface area contributed by atoms with Crippen LogP contribution in [-0.2, 0) is 19.5 Å². The lowest BCUT2D eigenvalue weighted by Crippen LogP contribution is -2.03. The van der Waals surface area contributed by atoms with Crippen LogP contribution in [0.15, 0.2) is 36.5 Å². The van der Waals surface area contributed by atoms with Gasteiger partial charge in [-0.3, -0.25) is 4.68 Å². The fraction of sp³-hybridized carbons (Fsp3) is 0.400. The maximum absolute atomic E-state index is 4.50. The van der Waals surface area contributed by atoms with Gasteiger partial charge >= 0.3 is 0 Å². The molecule has 0 fully saturated rings. The third-order valence-electron chi connectivity index (χ3n) is 2.98. The fourth-order valence-electron chi connectivity index (χ4n) is 1.90. The van der Waals surface area contributed by atoms with Gasteiger partial charge in [0.2, 0.25) is 0 Å². The third kappa shape index (κ3) is 3.36. The molecular formula is C15H21N3. The molecule has 3 heteroatoms. The summed E-state index contributed by atoms with van der Waals surface area (Å²) < 4.78 is 2.00. The van der Waals surface area contributed by atoms with E-state index in [1.165, 1.54) is 5.56 Å². The topological polar surface area (TPSA) is 29.9 Å². The van der Waals surface area contributed by atoms with Gasteiger partial charge in [-0.25, -0.2) is 0 Å². The number of nitrogens with one attached hydrogen (secondary N) is 1. The molecule has 0 spiro atoms. The van der Waals surface area contributed by atoms with Crippen LogP contribution in [0.3, 0.4) is 0 Å². The highest BCUT2D eigenvalue weighted by molar-refractivity contribution is 5.44. The van der Waals surface area contributed by atoms with E-state index in [0.29, 0.717) is 0 Å². The lowest BCUT2D eigenvalue weighted by atomic mass is 10.1. The van der Waals surface area contributed by atoms with E-state index in [1.54, 1.807) is 0 Å². The Morgan fingerprint density at radius 1 is 1.11 bits per heavy atom. The summed E-state index contributed by atoms with van der Waals surface area (Å²) in [6, 6.07) is 10.7. The van der Waals surface area contributed by atoms with Crippen LogP contribution in [0, 0.1) is 0 Å². The molecule has 0 saturated heterocycles. The van der Waals surface area contributed by atoms with Gasteiger partial charge in [0.15, 0.2) is 0 Å². The van der Waals surface area contributed by atoms with Crippen molar-refractivity contribution in [3.8, 4) is 0 Å². The Morgan fingerprint density at radius 3 is 2.56 bits per heavy atom. The summed E-state index contributed by atoms with van der Waals surface area (Å²) in [5.74, 6) is 0. The molecule has 2 rings (SSSR count). The van der Waals surface area contributed by atoms with E-state index in [4.69, 9.17) is 0 Å². The molecule has 1 aromatic carbocycles. The van der Waals surface area contributed by atoms with Crippen LogP contribution in [0.5, 0.6) is 0 Å². The van der Waals surface area contributed by atoms with Crippen LogP contribution in [0.1, 0.15) is 31.5 Å². The second kappa shape index (κ2) is 6.24. The normalized spacial score (nSPS) is 10.6. The first kappa shape index (κ1) is 12.7. The highest BCUT2D eigenvalue weighted by Gasteiger charge is 1.98. The van der Waals surface area contributed by atoms with Crippen molar-refractivity contribution in [2.24, 2.45) is 0 Å². The number of hydrogen-bond acceptors (Lipinski definition) is 2. The second-order valence-corrected chi connectivity index (χ2v) is 4.47. The first-order valence-corrected chi connectivity index (χ1v) is 6.67. The van der Waals surface area contributed by atoms with Crippen LogP contribution in [-0.4, -0.2) is 9.78 Å². The number of aryl methyl sites for hydroxylation is 2. The minimum atomic E-state index is 0.780. The van der Waals surface area contributed by atoms with Crippen molar-refractivity contribution in [1.29, 1.82) is 0 Å². The number of hydrogen-bond donors (Lipinski definition) is 1. The summed E-state index contributed by atoms with van der Waals surface area (Å²) >= 11 is 0. The Labute approximate surface area is 109 Å². The van der Waals surface area contributed by atoms with E-state index >= 15 is 0 Å². The van der Waals surface area contributed by atoms with Gasteiger partial charge in [0.05, 0.1) is 12.2 Å². The standard InChI is InChI=1S/C15H21N3/c1-3-10-18-11-9-15(17-18)12-16-14-7-5-13(4-2)6-8-14/h5-9,11,16H,3-4,10,12H2,1-2H3. The Morgan fingerprint density at radius 2 is 1.89 bits per heavy atom. The predicted octanol–water partition coefficient (Wildman–Crippen LogP) is 3.47. The van der Waals surface area contributed by atoms with Crippen LogP contribution in [0.4, 0.5) is 5.69 Å². The molecule has 1 aromatic heterocycles. The molecule has 1 heterocycles. The van der Waals surface area contributed by atoms with Crippen molar-refractivity contribution in [2.45, 2.75) is 39.8 Å². The zero-order valence-corrected chi connectivity index (χ0v) is 11.2. The van der Waals surface area contributed by atoms with Gasteiger partial charge in [0.25, 0.3) is 0 Å². The van der Waals surface area contributed by atoms with Gasteiger partial charge in [-0.05, 0) is 36.6 Å². The summed E-state index contributed by atoms with van der Waals surface area (Å²) in [5.41, 5.74) is 3.60. The summed E-state index contributed by atoms with van der Waals surface area (Å²) in [6.45, 7) is 6.10. The predicted molar refractivity (Wildman–Crippen MR) is 75.7 cm³/mol. The Balaban J connectivity index is 1.89. The second-order valence-electron chi connectivity index (χ2n) is 4.47. The summed E-state index contributed by atoms with van der Waals surface area (Å²) in [4.78, 5) is 0. The van der Waals surface area contributed by atoms with Crippen molar-refractivity contribution in [3.63, 3.8) is 0 Å². The molecule has 0 aliphatic rings. The van der Waals surface area contributed by atoms with Crippen LogP contribution in [0.25, 0.3) is 0 Å². The van der Waals surface area contributed by atoms with E-state index in [-0.39, 0.29) is 0 Å². The maximum atomic E-state index is 4.50. The zero-order chi connectivity index (χ0) is 12.8. The summed E-state index contributed by atoms with van der Waals surface area (Å²) in [6.07, 6.45) is 4.25.